The molecular weight excluding hydrogens is 400 g/mol. The molecule has 0 aliphatic heterocycles. The lowest BCUT2D eigenvalue weighted by atomic mass is 10.1. The van der Waals surface area contributed by atoms with Crippen LogP contribution in [0.25, 0.3) is 0 Å². The van der Waals surface area contributed by atoms with E-state index in [2.05, 4.69) is 12.2 Å². The number of hydrogen-bond donors (Lipinski definition) is 1. The van der Waals surface area contributed by atoms with E-state index in [1.54, 1.807) is 25.6 Å². The predicted octanol–water partition coefficient (Wildman–Crippen LogP) is 5.59. The van der Waals surface area contributed by atoms with Crippen LogP contribution in [0.2, 0.25) is 0 Å². The normalized spacial score (nSPS) is 19.3. The number of allylic oxidation sites excluding steroid dienone is 4. The maximum atomic E-state index is 11.3. The number of aliphatic carboxylic acids is 1. The summed E-state index contributed by atoms with van der Waals surface area (Å²) in [4.78, 5) is 12.5. The van der Waals surface area contributed by atoms with Gasteiger partial charge in [-0.3, -0.25) is 0 Å². The van der Waals surface area contributed by atoms with Gasteiger partial charge in [0.2, 0.25) is 0 Å². The molecule has 0 heterocycles. The summed E-state index contributed by atoms with van der Waals surface area (Å²) in [6.45, 7) is 8.30. The van der Waals surface area contributed by atoms with E-state index in [-0.39, 0.29) is 6.10 Å². The Hall–Kier alpha value is -2.18. The van der Waals surface area contributed by atoms with Gasteiger partial charge in [0.25, 0.3) is 0 Å². The number of carbonyl (C=O) groups is 1. The molecule has 0 fully saturated rings. The van der Waals surface area contributed by atoms with Gasteiger partial charge in [0.15, 0.2) is 5.60 Å². The highest BCUT2D eigenvalue weighted by Gasteiger charge is 2.30. The first-order valence-electron chi connectivity index (χ1n) is 10.2. The van der Waals surface area contributed by atoms with Crippen LogP contribution in [0.3, 0.4) is 0 Å². The van der Waals surface area contributed by atoms with Crippen molar-refractivity contribution in [2.45, 2.75) is 52.2 Å². The van der Waals surface area contributed by atoms with Crippen LogP contribution in [0, 0.1) is 0 Å². The summed E-state index contributed by atoms with van der Waals surface area (Å²) < 4.78 is 17.4. The number of ether oxygens (including phenoxy) is 3. The third kappa shape index (κ3) is 8.28. The Balaban J connectivity index is 1.94. The van der Waals surface area contributed by atoms with Gasteiger partial charge in [0.05, 0.1) is 5.76 Å². The average molecular weight is 433 g/mol. The summed E-state index contributed by atoms with van der Waals surface area (Å²) in [5, 5.41) is 9.28. The molecule has 6 heteroatoms. The molecule has 0 aromatic heterocycles. The lowest BCUT2D eigenvalue weighted by Crippen LogP contribution is -2.34. The molecule has 0 radical (unpaired) electrons. The van der Waals surface area contributed by atoms with Crippen LogP contribution in [-0.4, -0.2) is 41.7 Å². The fourth-order valence-electron chi connectivity index (χ4n) is 2.83. The molecule has 1 atom stereocenters. The molecule has 30 heavy (non-hydrogen) atoms. The Morgan fingerprint density at radius 3 is 2.63 bits per heavy atom. The fourth-order valence-corrected chi connectivity index (χ4v) is 3.90. The Morgan fingerprint density at radius 2 is 1.97 bits per heavy atom. The van der Waals surface area contributed by atoms with Crippen LogP contribution in [-0.2, 0) is 14.3 Å². The quantitative estimate of drug-likeness (QED) is 0.492. The van der Waals surface area contributed by atoms with Crippen LogP contribution in [0.5, 0.6) is 5.75 Å². The number of rotatable bonds is 11. The van der Waals surface area contributed by atoms with E-state index in [0.717, 1.165) is 17.1 Å². The maximum absolute atomic E-state index is 11.3. The minimum atomic E-state index is -1.24. The summed E-state index contributed by atoms with van der Waals surface area (Å²) >= 11 is 1.74. The second-order valence-corrected chi connectivity index (χ2v) is 8.70. The first-order chi connectivity index (χ1) is 14.3. The SMILES string of the molecule is CCOC(COc1ccccc1)CSC1=CC/C=C(/OC(C)(C)C(=O)O)C/C(C)=C\1. The van der Waals surface area contributed by atoms with E-state index >= 15 is 0 Å². The zero-order chi connectivity index (χ0) is 22.0. The van der Waals surface area contributed by atoms with Gasteiger partial charge in [-0.1, -0.05) is 29.8 Å². The molecule has 0 spiro atoms. The van der Waals surface area contributed by atoms with Crippen LogP contribution >= 0.6 is 11.8 Å². The van der Waals surface area contributed by atoms with Gasteiger partial charge in [-0.05, 0) is 58.4 Å². The van der Waals surface area contributed by atoms with E-state index in [1.807, 2.05) is 50.3 Å². The van der Waals surface area contributed by atoms with Crippen molar-refractivity contribution in [1.82, 2.24) is 0 Å². The monoisotopic (exact) mass is 432 g/mol. The molecule has 1 aromatic carbocycles. The van der Waals surface area contributed by atoms with Gasteiger partial charge in [-0.15, -0.1) is 11.8 Å². The number of carboxylic acids is 1. The molecule has 1 aliphatic rings. The largest absolute Gasteiger partial charge is 0.491 e. The highest BCUT2D eigenvalue weighted by molar-refractivity contribution is 8.03. The number of benzene rings is 1. The van der Waals surface area contributed by atoms with Crippen LogP contribution in [0.15, 0.2) is 64.8 Å². The molecule has 0 saturated carbocycles. The van der Waals surface area contributed by atoms with E-state index in [4.69, 9.17) is 14.2 Å². The molecule has 0 bridgehead atoms. The Kier molecular flexibility index (Phi) is 9.53. The smallest absolute Gasteiger partial charge is 0.347 e. The average Bonchev–Trinajstić information content (AvgIpc) is 2.68. The fraction of sp³-hybridized carbons (Fsp3) is 0.458. The van der Waals surface area contributed by atoms with Crippen molar-refractivity contribution < 1.29 is 24.1 Å². The number of para-hydroxylation sites is 1. The minimum Gasteiger partial charge on any atom is -0.491 e. The summed E-state index contributed by atoms with van der Waals surface area (Å²) in [5.41, 5.74) is -0.120. The van der Waals surface area contributed by atoms with Gasteiger partial charge < -0.3 is 19.3 Å². The molecule has 1 unspecified atom stereocenters. The van der Waals surface area contributed by atoms with E-state index < -0.39 is 11.6 Å². The Bertz CT molecular complexity index is 780. The summed E-state index contributed by atoms with van der Waals surface area (Å²) in [5.74, 6) is 1.35. The first kappa shape index (κ1) is 24.1. The standard InChI is InChI=1S/C24H32O5S/c1-5-27-21(16-28-19-10-7-6-8-11-19)17-30-22-13-9-12-20(14-18(2)15-22)29-24(3,4)23(25)26/h6-8,10-13,15,21H,5,9,14,16-17H2,1-4H3,(H,25,26)/b18-15-,20-12+,22-13?. The van der Waals surface area contributed by atoms with Gasteiger partial charge in [0.1, 0.15) is 18.5 Å². The van der Waals surface area contributed by atoms with Crippen molar-refractivity contribution in [3.8, 4) is 5.75 Å². The molecule has 1 N–H and O–H groups in total. The van der Waals surface area contributed by atoms with Gasteiger partial charge in [0, 0.05) is 23.7 Å². The van der Waals surface area contributed by atoms with E-state index in [0.29, 0.717) is 31.8 Å². The Labute approximate surface area is 183 Å². The first-order valence-corrected chi connectivity index (χ1v) is 11.2. The summed E-state index contributed by atoms with van der Waals surface area (Å²) in [6, 6.07) is 9.76. The van der Waals surface area contributed by atoms with Crippen LogP contribution < -0.4 is 4.74 Å². The highest BCUT2D eigenvalue weighted by Crippen LogP contribution is 2.28. The number of carboxylic acid groups (broad SMARTS) is 1. The molecule has 0 amide bonds. The van der Waals surface area contributed by atoms with Gasteiger partial charge in [-0.2, -0.15) is 0 Å². The lowest BCUT2D eigenvalue weighted by Gasteiger charge is -2.24. The predicted molar refractivity (Wildman–Crippen MR) is 122 cm³/mol. The summed E-state index contributed by atoms with van der Waals surface area (Å²) in [7, 11) is 0. The van der Waals surface area contributed by atoms with Crippen molar-refractivity contribution in [3.05, 3.63) is 64.8 Å². The minimum absolute atomic E-state index is 0.00828. The second-order valence-electron chi connectivity index (χ2n) is 7.61. The maximum Gasteiger partial charge on any atom is 0.347 e. The van der Waals surface area contributed by atoms with Crippen molar-refractivity contribution in [1.29, 1.82) is 0 Å². The van der Waals surface area contributed by atoms with Crippen LogP contribution in [0.4, 0.5) is 0 Å². The highest BCUT2D eigenvalue weighted by atomic mass is 32.2. The van der Waals surface area contributed by atoms with Crippen molar-refractivity contribution in [3.63, 3.8) is 0 Å². The van der Waals surface area contributed by atoms with Gasteiger partial charge in [-0.25, -0.2) is 4.79 Å². The molecule has 0 saturated heterocycles. The Morgan fingerprint density at radius 1 is 1.23 bits per heavy atom. The summed E-state index contributed by atoms with van der Waals surface area (Å²) in [6.07, 6.45) is 7.50. The number of hydrogen-bond acceptors (Lipinski definition) is 5. The van der Waals surface area contributed by atoms with Crippen LogP contribution in [0.1, 0.15) is 40.5 Å². The molecule has 1 aromatic rings. The lowest BCUT2D eigenvalue weighted by molar-refractivity contribution is -0.157. The van der Waals surface area contributed by atoms with Gasteiger partial charge >= 0.3 is 5.97 Å². The third-order valence-corrected chi connectivity index (χ3v) is 5.58. The third-order valence-electron chi connectivity index (χ3n) is 4.42. The molecule has 2 rings (SSSR count). The van der Waals surface area contributed by atoms with Crippen molar-refractivity contribution >= 4 is 17.7 Å². The molecule has 5 nitrogen and oxygen atoms in total. The van der Waals surface area contributed by atoms with E-state index in [1.165, 1.54) is 4.91 Å². The molecule has 1 aliphatic carbocycles. The number of thioether (sulfide) groups is 1. The van der Waals surface area contributed by atoms with Crippen molar-refractivity contribution in [2.24, 2.45) is 0 Å². The molecule has 164 valence electrons. The molecular formula is C24H32O5S. The van der Waals surface area contributed by atoms with Crippen molar-refractivity contribution in [2.75, 3.05) is 19.0 Å². The zero-order valence-electron chi connectivity index (χ0n) is 18.2. The zero-order valence-corrected chi connectivity index (χ0v) is 19.0. The second kappa shape index (κ2) is 11.9. The topological polar surface area (TPSA) is 65.0 Å². The van der Waals surface area contributed by atoms with E-state index in [9.17, 15) is 9.90 Å².